The van der Waals surface area contributed by atoms with Gasteiger partial charge in [-0.3, -0.25) is 4.79 Å². The van der Waals surface area contributed by atoms with Crippen molar-refractivity contribution in [1.29, 1.82) is 0 Å². The molecular weight excluding hydrogens is 266 g/mol. The molecule has 0 radical (unpaired) electrons. The maximum atomic E-state index is 11.1. The average Bonchev–Trinajstić information content (AvgIpc) is 2.95. The first kappa shape index (κ1) is 13.5. The summed E-state index contributed by atoms with van der Waals surface area (Å²) < 4.78 is 11.2. The number of ether oxygens (including phenoxy) is 2. The van der Waals surface area contributed by atoms with Crippen LogP contribution in [0, 0.1) is 0 Å². The summed E-state index contributed by atoms with van der Waals surface area (Å²) in [5, 5.41) is 0. The molecule has 0 spiro atoms. The number of hydrogen-bond donors (Lipinski definition) is 1. The fourth-order valence-corrected chi connectivity index (χ4v) is 2.42. The number of fused-ring (bicyclic) bond motifs is 1. The van der Waals surface area contributed by atoms with Crippen molar-refractivity contribution in [2.75, 3.05) is 13.2 Å². The topological polar surface area (TPSA) is 61.6 Å². The summed E-state index contributed by atoms with van der Waals surface area (Å²) in [5.74, 6) is 1.21. The summed E-state index contributed by atoms with van der Waals surface area (Å²) >= 11 is 0. The molecule has 0 aliphatic carbocycles. The Bertz CT molecular complexity index is 667. The third-order valence-electron chi connectivity index (χ3n) is 3.53. The molecule has 0 unspecified atom stereocenters. The molecule has 21 heavy (non-hydrogen) atoms. The van der Waals surface area contributed by atoms with Crippen molar-refractivity contribution >= 4 is 5.91 Å². The Hall–Kier alpha value is -2.49. The molecule has 0 aromatic heterocycles. The van der Waals surface area contributed by atoms with Crippen LogP contribution >= 0.6 is 0 Å². The predicted molar refractivity (Wildman–Crippen MR) is 79.8 cm³/mol. The van der Waals surface area contributed by atoms with Gasteiger partial charge in [-0.05, 0) is 35.4 Å². The third-order valence-corrected chi connectivity index (χ3v) is 3.53. The molecule has 1 heterocycles. The normalized spacial score (nSPS) is 12.6. The highest BCUT2D eigenvalue weighted by atomic mass is 16.5. The van der Waals surface area contributed by atoms with Crippen LogP contribution in [0.15, 0.2) is 42.5 Å². The highest BCUT2D eigenvalue weighted by Crippen LogP contribution is 2.26. The smallest absolute Gasteiger partial charge is 0.248 e. The van der Waals surface area contributed by atoms with Gasteiger partial charge in [-0.15, -0.1) is 0 Å². The standard InChI is InChI=1S/C17H17NO3/c18-17(19)14-2-1-3-15(11-14)20-8-6-12-4-5-16-13(10-12)7-9-21-16/h1-5,10-11H,6-9H2,(H2,18,19). The van der Waals surface area contributed by atoms with Crippen molar-refractivity contribution in [1.82, 2.24) is 0 Å². The predicted octanol–water partition coefficient (Wildman–Crippen LogP) is 2.34. The van der Waals surface area contributed by atoms with Crippen LogP contribution < -0.4 is 15.2 Å². The van der Waals surface area contributed by atoms with Gasteiger partial charge < -0.3 is 15.2 Å². The van der Waals surface area contributed by atoms with Crippen LogP contribution in [0.5, 0.6) is 11.5 Å². The SMILES string of the molecule is NC(=O)c1cccc(OCCc2ccc3c(c2)CCO3)c1. The fraction of sp³-hybridized carbons (Fsp3) is 0.235. The molecule has 0 saturated heterocycles. The van der Waals surface area contributed by atoms with E-state index in [0.29, 0.717) is 17.9 Å². The lowest BCUT2D eigenvalue weighted by Gasteiger charge is -2.08. The van der Waals surface area contributed by atoms with E-state index in [4.69, 9.17) is 15.2 Å². The van der Waals surface area contributed by atoms with E-state index in [1.165, 1.54) is 11.1 Å². The van der Waals surface area contributed by atoms with Gasteiger partial charge in [0.25, 0.3) is 0 Å². The summed E-state index contributed by atoms with van der Waals surface area (Å²) in [6, 6.07) is 13.2. The number of primary amides is 1. The van der Waals surface area contributed by atoms with Crippen LogP contribution in [0.25, 0.3) is 0 Å². The minimum Gasteiger partial charge on any atom is -0.493 e. The molecule has 0 saturated carbocycles. The maximum absolute atomic E-state index is 11.1. The summed E-state index contributed by atoms with van der Waals surface area (Å²) in [6.45, 7) is 1.33. The second kappa shape index (κ2) is 5.87. The summed E-state index contributed by atoms with van der Waals surface area (Å²) in [6.07, 6.45) is 1.79. The molecule has 0 atom stereocenters. The lowest BCUT2D eigenvalue weighted by Crippen LogP contribution is -2.11. The average molecular weight is 283 g/mol. The number of rotatable bonds is 5. The summed E-state index contributed by atoms with van der Waals surface area (Å²) in [4.78, 5) is 11.1. The van der Waals surface area contributed by atoms with E-state index in [1.807, 2.05) is 12.1 Å². The number of amides is 1. The van der Waals surface area contributed by atoms with Crippen molar-refractivity contribution in [2.45, 2.75) is 12.8 Å². The minimum absolute atomic E-state index is 0.445. The van der Waals surface area contributed by atoms with Crippen LogP contribution in [-0.4, -0.2) is 19.1 Å². The molecule has 2 aromatic carbocycles. The van der Waals surface area contributed by atoms with Gasteiger partial charge in [-0.1, -0.05) is 18.2 Å². The number of carbonyl (C=O) groups excluding carboxylic acids is 1. The lowest BCUT2D eigenvalue weighted by molar-refractivity contribution is 0.1000. The van der Waals surface area contributed by atoms with Gasteiger partial charge in [-0.2, -0.15) is 0 Å². The highest BCUT2D eigenvalue weighted by Gasteiger charge is 2.11. The van der Waals surface area contributed by atoms with E-state index < -0.39 is 5.91 Å². The zero-order chi connectivity index (χ0) is 14.7. The molecule has 3 rings (SSSR count). The van der Waals surface area contributed by atoms with Crippen LogP contribution in [0.3, 0.4) is 0 Å². The summed E-state index contributed by atoms with van der Waals surface area (Å²) in [7, 11) is 0. The van der Waals surface area contributed by atoms with Crippen molar-refractivity contribution in [3.8, 4) is 11.5 Å². The van der Waals surface area contributed by atoms with Crippen molar-refractivity contribution in [3.63, 3.8) is 0 Å². The molecule has 0 bridgehead atoms. The zero-order valence-corrected chi connectivity index (χ0v) is 11.7. The zero-order valence-electron chi connectivity index (χ0n) is 11.7. The summed E-state index contributed by atoms with van der Waals surface area (Å²) in [5.41, 5.74) is 8.20. The van der Waals surface area contributed by atoms with Gasteiger partial charge in [0, 0.05) is 18.4 Å². The quantitative estimate of drug-likeness (QED) is 0.916. The van der Waals surface area contributed by atoms with Crippen molar-refractivity contribution in [3.05, 3.63) is 59.2 Å². The second-order valence-corrected chi connectivity index (χ2v) is 5.03. The van der Waals surface area contributed by atoms with Crippen molar-refractivity contribution < 1.29 is 14.3 Å². The number of carbonyl (C=O) groups is 1. The number of nitrogens with two attached hydrogens (primary N) is 1. The van der Waals surface area contributed by atoms with Crippen LogP contribution in [-0.2, 0) is 12.8 Å². The Kier molecular flexibility index (Phi) is 3.77. The first-order valence-corrected chi connectivity index (χ1v) is 6.99. The Labute approximate surface area is 123 Å². The van der Waals surface area contributed by atoms with Crippen LogP contribution in [0.1, 0.15) is 21.5 Å². The Morgan fingerprint density at radius 1 is 1.24 bits per heavy atom. The van der Waals surface area contributed by atoms with Gasteiger partial charge in [0.2, 0.25) is 5.91 Å². The highest BCUT2D eigenvalue weighted by molar-refractivity contribution is 5.93. The molecule has 2 N–H and O–H groups in total. The Morgan fingerprint density at radius 3 is 3.00 bits per heavy atom. The molecule has 1 amide bonds. The Balaban J connectivity index is 1.59. The van der Waals surface area contributed by atoms with E-state index in [2.05, 4.69) is 12.1 Å². The molecule has 1 aliphatic rings. The van der Waals surface area contributed by atoms with Gasteiger partial charge in [-0.25, -0.2) is 0 Å². The molecule has 4 heteroatoms. The lowest BCUT2D eigenvalue weighted by atomic mass is 10.1. The fourth-order valence-electron chi connectivity index (χ4n) is 2.42. The molecular formula is C17H17NO3. The number of hydrogen-bond acceptors (Lipinski definition) is 3. The van der Waals surface area contributed by atoms with Gasteiger partial charge >= 0.3 is 0 Å². The van der Waals surface area contributed by atoms with Crippen molar-refractivity contribution in [2.24, 2.45) is 5.73 Å². The first-order chi connectivity index (χ1) is 10.2. The van der Waals surface area contributed by atoms with E-state index in [1.54, 1.807) is 18.2 Å². The van der Waals surface area contributed by atoms with E-state index in [0.717, 1.165) is 25.2 Å². The molecule has 4 nitrogen and oxygen atoms in total. The largest absolute Gasteiger partial charge is 0.493 e. The molecule has 0 fully saturated rings. The molecule has 108 valence electrons. The molecule has 2 aromatic rings. The van der Waals surface area contributed by atoms with E-state index in [9.17, 15) is 4.79 Å². The second-order valence-electron chi connectivity index (χ2n) is 5.03. The monoisotopic (exact) mass is 283 g/mol. The maximum Gasteiger partial charge on any atom is 0.248 e. The Morgan fingerprint density at radius 2 is 2.14 bits per heavy atom. The molecule has 1 aliphatic heterocycles. The van der Waals surface area contributed by atoms with E-state index >= 15 is 0 Å². The van der Waals surface area contributed by atoms with Gasteiger partial charge in [0.15, 0.2) is 0 Å². The minimum atomic E-state index is -0.445. The van der Waals surface area contributed by atoms with Gasteiger partial charge in [0.05, 0.1) is 13.2 Å². The van der Waals surface area contributed by atoms with Gasteiger partial charge in [0.1, 0.15) is 11.5 Å². The van der Waals surface area contributed by atoms with Crippen LogP contribution in [0.4, 0.5) is 0 Å². The number of benzene rings is 2. The van der Waals surface area contributed by atoms with E-state index in [-0.39, 0.29) is 0 Å². The van der Waals surface area contributed by atoms with Crippen LogP contribution in [0.2, 0.25) is 0 Å². The first-order valence-electron chi connectivity index (χ1n) is 6.99. The third kappa shape index (κ3) is 3.16.